The Hall–Kier alpha value is -0.485. The Labute approximate surface area is 64.2 Å². The van der Waals surface area contributed by atoms with Crippen molar-refractivity contribution in [3.05, 3.63) is 24.3 Å². The number of methoxy groups -OCH3 is 1. The van der Waals surface area contributed by atoms with E-state index in [0.717, 1.165) is 12.7 Å². The van der Waals surface area contributed by atoms with Crippen molar-refractivity contribution < 1.29 is 4.74 Å². The van der Waals surface area contributed by atoms with E-state index >= 15 is 0 Å². The Balaban J connectivity index is 2.80. The monoisotopic (exact) mass is 152 g/mol. The van der Waals surface area contributed by atoms with E-state index in [9.17, 15) is 0 Å². The molecule has 1 aromatic carbocycles. The van der Waals surface area contributed by atoms with Crippen LogP contribution in [0.15, 0.2) is 24.3 Å². The summed E-state index contributed by atoms with van der Waals surface area (Å²) in [5, 5.41) is 0. The average molecular weight is 152 g/mol. The summed E-state index contributed by atoms with van der Waals surface area (Å²) < 4.78 is 5.01. The van der Waals surface area contributed by atoms with Crippen LogP contribution >= 0.6 is 9.12 Å². The lowest BCUT2D eigenvalue weighted by atomic mass is 9.95. The lowest BCUT2D eigenvalue weighted by Crippen LogP contribution is -2.06. The van der Waals surface area contributed by atoms with Gasteiger partial charge in [-0.3, -0.25) is 0 Å². The first-order chi connectivity index (χ1) is 4.86. The van der Waals surface area contributed by atoms with Crippen molar-refractivity contribution in [1.29, 1.82) is 0 Å². The number of benzene rings is 1. The predicted octanol–water partition coefficient (Wildman–Crippen LogP) is 0.547. The van der Waals surface area contributed by atoms with E-state index in [0.29, 0.717) is 0 Å². The fraction of sp³-hybridized carbons (Fsp3) is 0.143. The molecule has 0 aliphatic rings. The Kier molecular flexibility index (Phi) is 2.76. The van der Waals surface area contributed by atoms with Crippen molar-refractivity contribution in [2.75, 3.05) is 7.11 Å². The molecule has 0 saturated carbocycles. The fourth-order valence-electron chi connectivity index (χ4n) is 0.762. The topological polar surface area (TPSA) is 9.23 Å². The van der Waals surface area contributed by atoms with Gasteiger partial charge in [-0.2, -0.15) is 9.12 Å². The molecule has 1 rings (SSSR count). The van der Waals surface area contributed by atoms with Crippen LogP contribution in [-0.2, 0) is 0 Å². The lowest BCUT2D eigenvalue weighted by molar-refractivity contribution is 0.415. The van der Waals surface area contributed by atoms with Crippen LogP contribution in [0, 0.1) is 0 Å². The van der Waals surface area contributed by atoms with E-state index in [1.54, 1.807) is 7.11 Å². The smallest absolute Gasteiger partial charge is 0.180 e. The molecule has 3 heteroatoms. The van der Waals surface area contributed by atoms with Crippen molar-refractivity contribution in [2.24, 2.45) is 0 Å². The first-order valence-corrected chi connectivity index (χ1v) is 4.01. The van der Waals surface area contributed by atoms with Gasteiger partial charge in [0, 0.05) is 0 Å². The molecule has 1 atom stereocenters. The molecule has 52 valence electrons. The van der Waals surface area contributed by atoms with Crippen molar-refractivity contribution in [1.82, 2.24) is 0 Å². The average Bonchev–Trinajstić information content (AvgIpc) is 2.05. The molecule has 0 amide bonds. The Morgan fingerprint density at radius 1 is 1.30 bits per heavy atom. The summed E-state index contributed by atoms with van der Waals surface area (Å²) >= 11 is 0. The molecule has 1 unspecified atom stereocenters. The zero-order chi connectivity index (χ0) is 7.40. The minimum atomic E-state index is 0.919. The van der Waals surface area contributed by atoms with Crippen LogP contribution in [0.1, 0.15) is 0 Å². The Morgan fingerprint density at radius 3 is 2.30 bits per heavy atom. The van der Waals surface area contributed by atoms with Crippen LogP contribution in [-0.4, -0.2) is 14.1 Å². The molecular formula is C7H10BOP. The maximum absolute atomic E-state index is 5.01. The van der Waals surface area contributed by atoms with Gasteiger partial charge >= 0.3 is 0 Å². The number of hydrogen-bond acceptors (Lipinski definition) is 1. The third kappa shape index (κ3) is 1.75. The lowest BCUT2D eigenvalue weighted by Gasteiger charge is -1.98. The Morgan fingerprint density at radius 2 is 1.90 bits per heavy atom. The van der Waals surface area contributed by atoms with Gasteiger partial charge in [-0.1, -0.05) is 17.6 Å². The van der Waals surface area contributed by atoms with Gasteiger partial charge in [-0.05, 0) is 12.1 Å². The second-order valence-corrected chi connectivity index (χ2v) is 2.46. The van der Waals surface area contributed by atoms with Crippen molar-refractivity contribution >= 4 is 21.6 Å². The summed E-state index contributed by atoms with van der Waals surface area (Å²) in [6, 6.07) is 8.07. The Bertz CT molecular complexity index is 174. The van der Waals surface area contributed by atoms with Crippen LogP contribution in [0.5, 0.6) is 5.75 Å². The molecule has 0 radical (unpaired) electrons. The van der Waals surface area contributed by atoms with Gasteiger partial charge in [-0.25, -0.2) is 0 Å². The van der Waals surface area contributed by atoms with Gasteiger partial charge < -0.3 is 4.74 Å². The normalized spacial score (nSPS) is 9.00. The van der Waals surface area contributed by atoms with Gasteiger partial charge in [0.2, 0.25) is 0 Å². The van der Waals surface area contributed by atoms with Crippen molar-refractivity contribution in [2.45, 2.75) is 0 Å². The number of hydrogen-bond donors (Lipinski definition) is 0. The van der Waals surface area contributed by atoms with Crippen LogP contribution in [0.25, 0.3) is 0 Å². The summed E-state index contributed by atoms with van der Waals surface area (Å²) in [6.07, 6.45) is 0. The SMILES string of the molecule is COc1ccc(BP)cc1. The van der Waals surface area contributed by atoms with Crippen molar-refractivity contribution in [3.63, 3.8) is 0 Å². The maximum atomic E-state index is 5.01. The quantitative estimate of drug-likeness (QED) is 0.444. The molecule has 0 saturated heterocycles. The van der Waals surface area contributed by atoms with E-state index in [4.69, 9.17) is 4.74 Å². The van der Waals surface area contributed by atoms with E-state index in [-0.39, 0.29) is 0 Å². The van der Waals surface area contributed by atoms with Gasteiger partial charge in [0.25, 0.3) is 0 Å². The third-order valence-corrected chi connectivity index (χ3v) is 1.87. The minimum Gasteiger partial charge on any atom is -0.497 e. The molecule has 1 nitrogen and oxygen atoms in total. The molecule has 0 N–H and O–H groups in total. The standard InChI is InChI=1S/C7H10BOP/c1-9-7-4-2-6(8-10)3-5-7/h2-5,8H,10H2,1H3. The number of ether oxygens (including phenoxy) is 1. The van der Waals surface area contributed by atoms with Gasteiger partial charge in [0.05, 0.1) is 7.11 Å². The molecule has 0 aliphatic carbocycles. The van der Waals surface area contributed by atoms with E-state index in [1.807, 2.05) is 12.1 Å². The third-order valence-electron chi connectivity index (χ3n) is 1.39. The molecule has 0 fully saturated rings. The zero-order valence-corrected chi connectivity index (χ0v) is 7.16. The molecule has 0 aliphatic heterocycles. The molecule has 1 aromatic rings. The largest absolute Gasteiger partial charge is 0.497 e. The van der Waals surface area contributed by atoms with Crippen molar-refractivity contribution in [3.8, 4) is 5.75 Å². The highest BCUT2D eigenvalue weighted by atomic mass is 31.0. The molecule has 0 spiro atoms. The highest BCUT2D eigenvalue weighted by molar-refractivity contribution is 7.58. The van der Waals surface area contributed by atoms with Gasteiger partial charge in [0.1, 0.15) is 5.75 Å². The van der Waals surface area contributed by atoms with Crippen LogP contribution < -0.4 is 10.2 Å². The van der Waals surface area contributed by atoms with Crippen LogP contribution in [0.2, 0.25) is 0 Å². The molecule has 10 heavy (non-hydrogen) atoms. The second-order valence-electron chi connectivity index (χ2n) is 2.05. The minimum absolute atomic E-state index is 0.919. The molecular weight excluding hydrogens is 142 g/mol. The molecule has 0 bridgehead atoms. The molecule has 0 heterocycles. The number of rotatable bonds is 2. The zero-order valence-electron chi connectivity index (χ0n) is 6.00. The summed E-state index contributed by atoms with van der Waals surface area (Å²) in [5.74, 6) is 0.919. The second kappa shape index (κ2) is 3.63. The first kappa shape index (κ1) is 7.62. The predicted molar refractivity (Wildman–Crippen MR) is 49.5 cm³/mol. The maximum Gasteiger partial charge on any atom is 0.180 e. The van der Waals surface area contributed by atoms with Gasteiger partial charge in [0.15, 0.2) is 7.00 Å². The van der Waals surface area contributed by atoms with Crippen LogP contribution in [0.4, 0.5) is 0 Å². The molecule has 0 aromatic heterocycles. The van der Waals surface area contributed by atoms with Gasteiger partial charge in [-0.15, -0.1) is 0 Å². The van der Waals surface area contributed by atoms with Crippen LogP contribution in [0.3, 0.4) is 0 Å². The summed E-state index contributed by atoms with van der Waals surface area (Å²) in [7, 11) is 4.36. The fourth-order valence-corrected chi connectivity index (χ4v) is 1.03. The summed E-state index contributed by atoms with van der Waals surface area (Å²) in [4.78, 5) is 0. The highest BCUT2D eigenvalue weighted by Crippen LogP contribution is 2.05. The first-order valence-electron chi connectivity index (χ1n) is 3.20. The van der Waals surface area contributed by atoms with E-state index in [1.165, 1.54) is 5.46 Å². The summed E-state index contributed by atoms with van der Waals surface area (Å²) in [6.45, 7) is 1.00. The van der Waals surface area contributed by atoms with E-state index < -0.39 is 0 Å². The van der Waals surface area contributed by atoms with E-state index in [2.05, 4.69) is 21.3 Å². The highest BCUT2D eigenvalue weighted by Gasteiger charge is 1.90. The summed E-state index contributed by atoms with van der Waals surface area (Å²) in [5.41, 5.74) is 1.31.